The lowest BCUT2D eigenvalue weighted by Crippen LogP contribution is -2.58. The smallest absolute Gasteiger partial charge is 0.475 e. The minimum absolute atomic E-state index is 0.00325. The van der Waals surface area contributed by atoms with Gasteiger partial charge < -0.3 is 31.1 Å². The van der Waals surface area contributed by atoms with Crippen LogP contribution in [0.25, 0.3) is 5.57 Å². The number of likely N-dealkylation sites (N-methyl/N-ethyl adjacent to an activating group) is 1. The summed E-state index contributed by atoms with van der Waals surface area (Å²) in [5.41, 5.74) is 4.92. The van der Waals surface area contributed by atoms with Crippen molar-refractivity contribution in [1.29, 1.82) is 0 Å². The van der Waals surface area contributed by atoms with Gasteiger partial charge in [-0.15, -0.1) is 0 Å². The highest BCUT2D eigenvalue weighted by Gasteiger charge is 2.47. The van der Waals surface area contributed by atoms with Crippen LogP contribution in [0, 0.1) is 0 Å². The Labute approximate surface area is 291 Å². The summed E-state index contributed by atoms with van der Waals surface area (Å²) in [6, 6.07) is 13.0. The van der Waals surface area contributed by atoms with Crippen molar-refractivity contribution in [2.24, 2.45) is 5.73 Å². The molecule has 2 aromatic rings. The van der Waals surface area contributed by atoms with Crippen molar-refractivity contribution in [3.05, 3.63) is 76.9 Å². The van der Waals surface area contributed by atoms with Crippen molar-refractivity contribution in [2.45, 2.75) is 89.0 Å². The lowest BCUT2D eigenvalue weighted by atomic mass is 9.76. The first-order valence-electron chi connectivity index (χ1n) is 16.2. The quantitative estimate of drug-likeness (QED) is 0.232. The maximum atomic E-state index is 14.1. The van der Waals surface area contributed by atoms with Crippen molar-refractivity contribution in [2.75, 3.05) is 19.7 Å². The van der Waals surface area contributed by atoms with Crippen molar-refractivity contribution in [1.82, 2.24) is 15.5 Å². The van der Waals surface area contributed by atoms with E-state index in [0.29, 0.717) is 18.4 Å². The molecule has 1 spiro atoms. The van der Waals surface area contributed by atoms with Gasteiger partial charge in [-0.05, 0) is 62.4 Å². The molecular weight excluding hydrogens is 686 g/mol. The maximum Gasteiger partial charge on any atom is 0.490 e. The average Bonchev–Trinajstić information content (AvgIpc) is 3.31. The van der Waals surface area contributed by atoms with Gasteiger partial charge in [0.05, 0.1) is 29.9 Å². The summed E-state index contributed by atoms with van der Waals surface area (Å²) in [6.07, 6.45) is -5.80. The molecule has 0 aromatic heterocycles. The first-order valence-corrected chi connectivity index (χ1v) is 16.2. The van der Waals surface area contributed by atoms with Gasteiger partial charge in [-0.1, -0.05) is 61.7 Å². The fourth-order valence-electron chi connectivity index (χ4n) is 5.85. The van der Waals surface area contributed by atoms with Crippen LogP contribution in [0.2, 0.25) is 0 Å². The zero-order valence-corrected chi connectivity index (χ0v) is 28.4. The molecule has 10 nitrogen and oxygen atoms in total. The van der Waals surface area contributed by atoms with Crippen molar-refractivity contribution in [3.8, 4) is 0 Å². The standard InChI is InChI=1S/C33H41F3N4O4.C2HF3O2/c1-4-40(29(42)26(38-30(43)31(2,3)37)21-44-20-22-12-7-5-8-13-22)19-25-27(23-14-11-15-24(18-23)33(34,35)36)28(41)39-32(25)16-9-6-10-17-32;3-2(4,5)1(6)7/h5,7-8,11-15,18,26H,4,6,9-10,16-17,19-21,37H2,1-3H3,(H,38,43)(H,39,41);(H,6,7)/t26-;/m1./s1. The fourth-order valence-corrected chi connectivity index (χ4v) is 5.85. The first-order chi connectivity index (χ1) is 23.7. The number of carboxylic acid groups (broad SMARTS) is 1. The molecule has 2 aliphatic rings. The zero-order valence-electron chi connectivity index (χ0n) is 28.4. The SMILES string of the molecule is CCN(CC1=C(c2cccc(C(F)(F)F)c2)C(=O)NC12CCCCC2)C(=O)[C@@H](COCc1ccccc1)NC(=O)C(C)(C)N.O=C(O)C(F)(F)F. The third kappa shape index (κ3) is 11.0. The van der Waals surface area contributed by atoms with Gasteiger partial charge in [-0.2, -0.15) is 26.3 Å². The number of nitrogens with two attached hydrogens (primary N) is 1. The Bertz CT molecular complexity index is 1580. The van der Waals surface area contributed by atoms with Gasteiger partial charge in [0.25, 0.3) is 5.91 Å². The van der Waals surface area contributed by atoms with E-state index in [1.807, 2.05) is 30.3 Å². The van der Waals surface area contributed by atoms with Crippen LogP contribution in [0.5, 0.6) is 0 Å². The van der Waals surface area contributed by atoms with E-state index in [0.717, 1.165) is 37.0 Å². The van der Waals surface area contributed by atoms with Gasteiger partial charge in [-0.3, -0.25) is 14.4 Å². The number of amides is 3. The zero-order chi connectivity index (χ0) is 38.2. The molecule has 0 radical (unpaired) electrons. The Hall–Kier alpha value is -4.44. The summed E-state index contributed by atoms with van der Waals surface area (Å²) in [5.74, 6) is -4.20. The van der Waals surface area contributed by atoms with Crippen LogP contribution in [0.4, 0.5) is 26.3 Å². The molecule has 0 saturated heterocycles. The monoisotopic (exact) mass is 728 g/mol. The number of benzene rings is 2. The number of aliphatic carboxylic acids is 1. The second-order valence-electron chi connectivity index (χ2n) is 12.9. The minimum atomic E-state index is -5.08. The van der Waals surface area contributed by atoms with Gasteiger partial charge >= 0.3 is 18.3 Å². The predicted molar refractivity (Wildman–Crippen MR) is 175 cm³/mol. The van der Waals surface area contributed by atoms with Crippen molar-refractivity contribution < 1.29 is 55.4 Å². The van der Waals surface area contributed by atoms with Gasteiger partial charge in [0, 0.05) is 18.7 Å². The third-order valence-electron chi connectivity index (χ3n) is 8.51. The number of alkyl halides is 6. The fraction of sp³-hybridized carbons (Fsp3) is 0.486. The Kier molecular flexibility index (Phi) is 13.4. The van der Waals surface area contributed by atoms with E-state index in [4.69, 9.17) is 20.4 Å². The van der Waals surface area contributed by atoms with Crippen LogP contribution < -0.4 is 16.4 Å². The molecule has 1 atom stereocenters. The number of nitrogens with one attached hydrogen (secondary N) is 2. The Morgan fingerprint density at radius 3 is 2.14 bits per heavy atom. The first kappa shape index (κ1) is 41.0. The molecule has 5 N–H and O–H groups in total. The summed E-state index contributed by atoms with van der Waals surface area (Å²) >= 11 is 0. The van der Waals surface area contributed by atoms with E-state index in [-0.39, 0.29) is 37.4 Å². The molecule has 16 heteroatoms. The lowest BCUT2D eigenvalue weighted by molar-refractivity contribution is -0.192. The van der Waals surface area contributed by atoms with E-state index < -0.39 is 58.7 Å². The van der Waals surface area contributed by atoms with Crippen LogP contribution >= 0.6 is 0 Å². The average molecular weight is 729 g/mol. The maximum absolute atomic E-state index is 14.1. The number of rotatable bonds is 11. The molecule has 0 unspecified atom stereocenters. The van der Waals surface area contributed by atoms with Crippen molar-refractivity contribution >= 4 is 29.3 Å². The van der Waals surface area contributed by atoms with E-state index in [2.05, 4.69) is 10.6 Å². The minimum Gasteiger partial charge on any atom is -0.475 e. The van der Waals surface area contributed by atoms with Crippen LogP contribution in [-0.2, 0) is 36.7 Å². The Morgan fingerprint density at radius 2 is 1.61 bits per heavy atom. The third-order valence-corrected chi connectivity index (χ3v) is 8.51. The van der Waals surface area contributed by atoms with Crippen LogP contribution in [0.15, 0.2) is 60.2 Å². The molecule has 0 bridgehead atoms. The molecule has 1 heterocycles. The molecule has 1 aliphatic carbocycles. The number of nitrogens with zero attached hydrogens (tertiary/aromatic N) is 1. The largest absolute Gasteiger partial charge is 0.490 e. The topological polar surface area (TPSA) is 151 Å². The highest BCUT2D eigenvalue weighted by atomic mass is 19.4. The second-order valence-corrected chi connectivity index (χ2v) is 12.9. The molecule has 1 aliphatic heterocycles. The second kappa shape index (κ2) is 16.7. The van der Waals surface area contributed by atoms with E-state index >= 15 is 0 Å². The summed E-state index contributed by atoms with van der Waals surface area (Å²) in [4.78, 5) is 50.8. The predicted octanol–water partition coefficient (Wildman–Crippen LogP) is 5.21. The Morgan fingerprint density at radius 1 is 1.00 bits per heavy atom. The van der Waals surface area contributed by atoms with Gasteiger partial charge in [0.2, 0.25) is 11.8 Å². The molecular formula is C35H42F6N4O6. The molecule has 51 heavy (non-hydrogen) atoms. The summed E-state index contributed by atoms with van der Waals surface area (Å²) < 4.78 is 78.5. The number of ether oxygens (including phenoxy) is 1. The number of hydrogen-bond donors (Lipinski definition) is 4. The molecule has 1 saturated carbocycles. The van der Waals surface area contributed by atoms with E-state index in [9.17, 15) is 40.7 Å². The molecule has 2 aromatic carbocycles. The Balaban J connectivity index is 0.000000908. The van der Waals surface area contributed by atoms with Gasteiger partial charge in [0.15, 0.2) is 0 Å². The summed E-state index contributed by atoms with van der Waals surface area (Å²) in [6.45, 7) is 5.13. The van der Waals surface area contributed by atoms with Crippen LogP contribution in [0.3, 0.4) is 0 Å². The lowest BCUT2D eigenvalue weighted by Gasteiger charge is -2.38. The number of carbonyl (C=O) groups excluding carboxylic acids is 3. The van der Waals surface area contributed by atoms with Crippen LogP contribution in [-0.4, -0.2) is 76.7 Å². The molecule has 280 valence electrons. The van der Waals surface area contributed by atoms with Gasteiger partial charge in [-0.25, -0.2) is 4.79 Å². The summed E-state index contributed by atoms with van der Waals surface area (Å²) in [5, 5.41) is 12.9. The normalized spacial score (nSPS) is 16.5. The number of carbonyl (C=O) groups is 4. The van der Waals surface area contributed by atoms with Crippen LogP contribution in [0.1, 0.15) is 69.6 Å². The highest BCUT2D eigenvalue weighted by molar-refractivity contribution is 6.24. The highest BCUT2D eigenvalue weighted by Crippen LogP contribution is 2.43. The van der Waals surface area contributed by atoms with E-state index in [1.165, 1.54) is 30.9 Å². The number of hydrogen-bond acceptors (Lipinski definition) is 6. The summed E-state index contributed by atoms with van der Waals surface area (Å²) in [7, 11) is 0. The van der Waals surface area contributed by atoms with Gasteiger partial charge in [0.1, 0.15) is 6.04 Å². The number of halogens is 6. The van der Waals surface area contributed by atoms with E-state index in [1.54, 1.807) is 6.92 Å². The molecule has 3 amide bonds. The number of carboxylic acids is 1. The molecule has 1 fully saturated rings. The van der Waals surface area contributed by atoms with Crippen molar-refractivity contribution in [3.63, 3.8) is 0 Å². The molecule has 4 rings (SSSR count).